The maximum Gasteiger partial charge on any atom is 0.335 e. The Bertz CT molecular complexity index is 599. The van der Waals surface area contributed by atoms with Crippen molar-refractivity contribution in [3.8, 4) is 0 Å². The molecule has 1 aromatic heterocycles. The Kier molecular flexibility index (Phi) is 6.17. The number of aryl methyl sites for hydroxylation is 2. The summed E-state index contributed by atoms with van der Waals surface area (Å²) < 4.78 is 1.14. The highest BCUT2D eigenvalue weighted by Crippen LogP contribution is 2.18. The first-order valence-electron chi connectivity index (χ1n) is 7.07. The second kappa shape index (κ2) is 8.12. The van der Waals surface area contributed by atoms with Crippen LogP contribution in [0.4, 0.5) is 0 Å². The van der Waals surface area contributed by atoms with Crippen molar-refractivity contribution in [3.63, 3.8) is 0 Å². The number of nitrogens with zero attached hydrogens (tertiary/aromatic N) is 1. The number of carboxylic acids is 1. The number of benzene rings is 1. The molecule has 4 heteroatoms. The molecule has 2 rings (SSSR count). The summed E-state index contributed by atoms with van der Waals surface area (Å²) in [7, 11) is 0. The second-order valence-corrected chi connectivity index (χ2v) is 6.20. The minimum absolute atomic E-state index is 0.376. The van der Waals surface area contributed by atoms with Gasteiger partial charge in [-0.1, -0.05) is 12.5 Å². The Labute approximate surface area is 138 Å². The number of unbranched alkanes of at least 4 members (excludes halogenated alkanes) is 2. The fourth-order valence-electron chi connectivity index (χ4n) is 2.27. The molecule has 0 saturated heterocycles. The monoisotopic (exact) mass is 395 g/mol. The number of hydrogen-bond acceptors (Lipinski definition) is 2. The van der Waals surface area contributed by atoms with Crippen LogP contribution in [0.3, 0.4) is 0 Å². The molecule has 21 heavy (non-hydrogen) atoms. The van der Waals surface area contributed by atoms with Crippen LogP contribution in [0.15, 0.2) is 42.7 Å². The molecular formula is C17H18INO2. The summed E-state index contributed by atoms with van der Waals surface area (Å²) in [5.74, 6) is -0.857. The molecule has 0 amide bonds. The number of rotatable bonds is 7. The van der Waals surface area contributed by atoms with Crippen molar-refractivity contribution < 1.29 is 9.90 Å². The molecule has 0 aliphatic rings. The summed E-state index contributed by atoms with van der Waals surface area (Å²) in [4.78, 5) is 15.1. The third-order valence-electron chi connectivity index (χ3n) is 3.43. The van der Waals surface area contributed by atoms with Gasteiger partial charge in [0.1, 0.15) is 0 Å². The van der Waals surface area contributed by atoms with E-state index in [1.54, 1.807) is 18.3 Å². The van der Waals surface area contributed by atoms with Gasteiger partial charge in [-0.05, 0) is 83.7 Å². The van der Waals surface area contributed by atoms with E-state index in [0.717, 1.165) is 41.2 Å². The smallest absolute Gasteiger partial charge is 0.335 e. The Morgan fingerprint density at radius 3 is 2.67 bits per heavy atom. The highest BCUT2D eigenvalue weighted by atomic mass is 127. The number of halogens is 1. The van der Waals surface area contributed by atoms with Crippen LogP contribution in [0.2, 0.25) is 0 Å². The van der Waals surface area contributed by atoms with Gasteiger partial charge in [-0.15, -0.1) is 0 Å². The van der Waals surface area contributed by atoms with Gasteiger partial charge < -0.3 is 5.11 Å². The first-order chi connectivity index (χ1) is 10.2. The van der Waals surface area contributed by atoms with Crippen molar-refractivity contribution >= 4 is 28.6 Å². The lowest BCUT2D eigenvalue weighted by molar-refractivity contribution is 0.0696. The van der Waals surface area contributed by atoms with Crippen molar-refractivity contribution in [1.82, 2.24) is 4.98 Å². The van der Waals surface area contributed by atoms with Gasteiger partial charge in [0.05, 0.1) is 5.56 Å². The first-order valence-corrected chi connectivity index (χ1v) is 8.15. The molecule has 0 saturated carbocycles. The average molecular weight is 395 g/mol. The minimum Gasteiger partial charge on any atom is -0.478 e. The zero-order valence-electron chi connectivity index (χ0n) is 11.8. The van der Waals surface area contributed by atoms with E-state index < -0.39 is 5.97 Å². The summed E-state index contributed by atoms with van der Waals surface area (Å²) in [6.45, 7) is 0. The Hall–Kier alpha value is -1.43. The van der Waals surface area contributed by atoms with Crippen LogP contribution in [0, 0.1) is 3.57 Å². The first kappa shape index (κ1) is 15.9. The Balaban J connectivity index is 1.78. The van der Waals surface area contributed by atoms with Crippen LogP contribution in [-0.4, -0.2) is 16.1 Å². The number of carboxylic acid groups (broad SMARTS) is 1. The number of pyridine rings is 1. The predicted octanol–water partition coefficient (Wildman–Crippen LogP) is 4.34. The molecular weight excluding hydrogens is 377 g/mol. The molecule has 0 unspecified atom stereocenters. The molecule has 0 aliphatic carbocycles. The maximum atomic E-state index is 11.0. The molecule has 1 N–H and O–H groups in total. The predicted molar refractivity (Wildman–Crippen MR) is 91.6 cm³/mol. The molecule has 0 fully saturated rings. The van der Waals surface area contributed by atoms with Crippen LogP contribution in [-0.2, 0) is 12.8 Å². The maximum absolute atomic E-state index is 11.0. The zero-order chi connectivity index (χ0) is 15.1. The minimum atomic E-state index is -0.857. The van der Waals surface area contributed by atoms with Crippen molar-refractivity contribution in [1.29, 1.82) is 0 Å². The molecule has 3 nitrogen and oxygen atoms in total. The van der Waals surface area contributed by atoms with Gasteiger partial charge in [0.2, 0.25) is 0 Å². The number of hydrogen-bond donors (Lipinski definition) is 1. The lowest BCUT2D eigenvalue weighted by Gasteiger charge is -2.06. The van der Waals surface area contributed by atoms with Gasteiger partial charge in [0, 0.05) is 16.0 Å². The topological polar surface area (TPSA) is 50.2 Å². The highest BCUT2D eigenvalue weighted by molar-refractivity contribution is 14.1. The molecule has 0 atom stereocenters. The highest BCUT2D eigenvalue weighted by Gasteiger charge is 2.06. The molecule has 2 aromatic rings. The zero-order valence-corrected chi connectivity index (χ0v) is 13.9. The summed E-state index contributed by atoms with van der Waals surface area (Å²) in [6, 6.07) is 9.41. The van der Waals surface area contributed by atoms with Gasteiger partial charge in [-0.25, -0.2) is 4.79 Å². The van der Waals surface area contributed by atoms with E-state index in [1.807, 2.05) is 18.3 Å². The van der Waals surface area contributed by atoms with Crippen LogP contribution in [0.1, 0.15) is 40.7 Å². The Morgan fingerprint density at radius 1 is 1.14 bits per heavy atom. The Morgan fingerprint density at radius 2 is 1.95 bits per heavy atom. The summed E-state index contributed by atoms with van der Waals surface area (Å²) in [5, 5.41) is 9.03. The second-order valence-electron chi connectivity index (χ2n) is 5.03. The molecule has 110 valence electrons. The largest absolute Gasteiger partial charge is 0.478 e. The number of aromatic carboxylic acids is 1. The molecule has 1 aromatic carbocycles. The van der Waals surface area contributed by atoms with Crippen molar-refractivity contribution in [2.45, 2.75) is 32.1 Å². The van der Waals surface area contributed by atoms with Gasteiger partial charge in [0.25, 0.3) is 0 Å². The molecule has 0 aliphatic heterocycles. The fourth-order valence-corrected chi connectivity index (χ4v) is 2.87. The molecule has 0 spiro atoms. The normalized spacial score (nSPS) is 10.5. The number of carbonyl (C=O) groups is 1. The summed E-state index contributed by atoms with van der Waals surface area (Å²) in [6.07, 6.45) is 9.06. The van der Waals surface area contributed by atoms with E-state index in [9.17, 15) is 4.79 Å². The van der Waals surface area contributed by atoms with Crippen molar-refractivity contribution in [2.24, 2.45) is 0 Å². The third kappa shape index (κ3) is 5.12. The van der Waals surface area contributed by atoms with Gasteiger partial charge in [-0.2, -0.15) is 0 Å². The summed E-state index contributed by atoms with van der Waals surface area (Å²) in [5.41, 5.74) is 2.79. The van der Waals surface area contributed by atoms with E-state index in [2.05, 4.69) is 33.6 Å². The van der Waals surface area contributed by atoms with Crippen LogP contribution < -0.4 is 0 Å². The average Bonchev–Trinajstić information content (AvgIpc) is 2.49. The van der Waals surface area contributed by atoms with Gasteiger partial charge >= 0.3 is 5.97 Å². The molecule has 1 heterocycles. The standard InChI is InChI=1S/C17H18INO2/c18-16-9-8-15(17(20)21)11-14(16)7-3-1-2-5-13-6-4-10-19-12-13/h4,6,8-12H,1-3,5,7H2,(H,20,21). The third-order valence-corrected chi connectivity index (χ3v) is 4.48. The summed E-state index contributed by atoms with van der Waals surface area (Å²) >= 11 is 2.27. The van der Waals surface area contributed by atoms with Crippen molar-refractivity contribution in [2.75, 3.05) is 0 Å². The van der Waals surface area contributed by atoms with Crippen molar-refractivity contribution in [3.05, 3.63) is 63.0 Å². The lowest BCUT2D eigenvalue weighted by atomic mass is 10.0. The van der Waals surface area contributed by atoms with E-state index >= 15 is 0 Å². The van der Waals surface area contributed by atoms with Crippen LogP contribution in [0.25, 0.3) is 0 Å². The van der Waals surface area contributed by atoms with E-state index in [1.165, 1.54) is 5.56 Å². The van der Waals surface area contributed by atoms with E-state index in [-0.39, 0.29) is 0 Å². The van der Waals surface area contributed by atoms with Crippen LogP contribution in [0.5, 0.6) is 0 Å². The fraction of sp³-hybridized carbons (Fsp3) is 0.294. The van der Waals surface area contributed by atoms with E-state index in [4.69, 9.17) is 5.11 Å². The van der Waals surface area contributed by atoms with Gasteiger partial charge in [-0.3, -0.25) is 4.98 Å². The number of aromatic nitrogens is 1. The van der Waals surface area contributed by atoms with Gasteiger partial charge in [0.15, 0.2) is 0 Å². The molecule has 0 radical (unpaired) electrons. The van der Waals surface area contributed by atoms with Crippen LogP contribution >= 0.6 is 22.6 Å². The quantitative estimate of drug-likeness (QED) is 0.561. The molecule has 0 bridgehead atoms. The van der Waals surface area contributed by atoms with E-state index in [0.29, 0.717) is 5.56 Å². The SMILES string of the molecule is O=C(O)c1ccc(I)c(CCCCCc2cccnc2)c1. The lowest BCUT2D eigenvalue weighted by Crippen LogP contribution is -1.99.